The number of anilines is 1. The van der Waals surface area contributed by atoms with Crippen molar-refractivity contribution in [3.8, 4) is 0 Å². The lowest BCUT2D eigenvalue weighted by Crippen LogP contribution is -2.34. The Morgan fingerprint density at radius 1 is 0.867 bits per heavy atom. The average Bonchev–Trinajstić information content (AvgIpc) is 3.17. The zero-order valence-corrected chi connectivity index (χ0v) is 17.6. The third kappa shape index (κ3) is 5.44. The largest absolute Gasteiger partial charge is 0.458 e. The summed E-state index contributed by atoms with van der Waals surface area (Å²) in [5.41, 5.74) is 5.97. The third-order valence-electron chi connectivity index (χ3n) is 4.91. The lowest BCUT2D eigenvalue weighted by molar-refractivity contribution is -0.136. The molecule has 0 aliphatic rings. The molecule has 6 nitrogen and oxygen atoms in total. The van der Waals surface area contributed by atoms with E-state index in [-0.39, 0.29) is 6.54 Å². The molecular formula is C24H25N3O3. The lowest BCUT2D eigenvalue weighted by atomic mass is 10.1. The van der Waals surface area contributed by atoms with Gasteiger partial charge in [0.15, 0.2) is 0 Å². The van der Waals surface area contributed by atoms with E-state index in [1.165, 1.54) is 11.1 Å². The number of nitrogens with zero attached hydrogens (tertiary/aromatic N) is 1. The second-order valence-electron chi connectivity index (χ2n) is 7.27. The van der Waals surface area contributed by atoms with E-state index in [1.807, 2.05) is 51.1 Å². The maximum Gasteiger partial charge on any atom is 0.313 e. The van der Waals surface area contributed by atoms with Gasteiger partial charge >= 0.3 is 11.8 Å². The molecule has 3 rings (SSSR count). The molecule has 0 spiro atoms. The maximum absolute atomic E-state index is 12.1. The van der Waals surface area contributed by atoms with Crippen molar-refractivity contribution in [1.82, 2.24) is 5.32 Å². The molecule has 2 aromatic carbocycles. The minimum Gasteiger partial charge on any atom is -0.458 e. The molecule has 0 unspecified atom stereocenters. The fourth-order valence-electron chi connectivity index (χ4n) is 2.76. The van der Waals surface area contributed by atoms with Gasteiger partial charge in [0.2, 0.25) is 0 Å². The molecule has 154 valence electrons. The normalized spacial score (nSPS) is 10.9. The van der Waals surface area contributed by atoms with Crippen molar-refractivity contribution in [1.29, 1.82) is 0 Å². The van der Waals surface area contributed by atoms with Crippen LogP contribution in [-0.4, -0.2) is 18.0 Å². The number of nitrogens with one attached hydrogen (secondary N) is 2. The van der Waals surface area contributed by atoms with Gasteiger partial charge in [0.25, 0.3) is 0 Å². The van der Waals surface area contributed by atoms with E-state index in [9.17, 15) is 9.59 Å². The molecule has 0 atom stereocenters. The van der Waals surface area contributed by atoms with Crippen molar-refractivity contribution in [2.24, 2.45) is 4.99 Å². The minimum absolute atomic E-state index is 0.108. The molecule has 2 amide bonds. The summed E-state index contributed by atoms with van der Waals surface area (Å²) in [5.74, 6) is -0.350. The van der Waals surface area contributed by atoms with E-state index in [2.05, 4.69) is 22.5 Å². The smallest absolute Gasteiger partial charge is 0.313 e. The number of hydrogen-bond donors (Lipinski definition) is 2. The first-order valence-electron chi connectivity index (χ1n) is 9.68. The van der Waals surface area contributed by atoms with E-state index in [0.29, 0.717) is 17.2 Å². The van der Waals surface area contributed by atoms with E-state index in [4.69, 9.17) is 4.42 Å². The van der Waals surface area contributed by atoms with Crippen molar-refractivity contribution in [2.45, 2.75) is 34.2 Å². The van der Waals surface area contributed by atoms with Crippen LogP contribution in [0.25, 0.3) is 0 Å². The van der Waals surface area contributed by atoms with Crippen LogP contribution >= 0.6 is 0 Å². The molecule has 0 saturated heterocycles. The molecule has 0 radical (unpaired) electrons. The van der Waals surface area contributed by atoms with E-state index >= 15 is 0 Å². The number of aliphatic imine (C=N–C) groups is 1. The Balaban J connectivity index is 1.53. The quantitative estimate of drug-likeness (QED) is 0.485. The van der Waals surface area contributed by atoms with E-state index in [0.717, 1.165) is 16.8 Å². The van der Waals surface area contributed by atoms with E-state index < -0.39 is 11.8 Å². The molecule has 2 N–H and O–H groups in total. The highest BCUT2D eigenvalue weighted by atomic mass is 16.3. The van der Waals surface area contributed by atoms with Crippen LogP contribution in [0.1, 0.15) is 33.8 Å². The fraction of sp³-hybridized carbons (Fsp3) is 0.208. The number of amides is 2. The number of hydrogen-bond acceptors (Lipinski definition) is 4. The molecule has 1 aromatic heterocycles. The van der Waals surface area contributed by atoms with Gasteiger partial charge in [0.1, 0.15) is 11.5 Å². The first kappa shape index (κ1) is 21.0. The van der Waals surface area contributed by atoms with Gasteiger partial charge in [-0.1, -0.05) is 12.1 Å². The number of furan rings is 1. The number of rotatable bonds is 5. The van der Waals surface area contributed by atoms with E-state index in [1.54, 1.807) is 24.4 Å². The van der Waals surface area contributed by atoms with Crippen molar-refractivity contribution in [2.75, 3.05) is 5.32 Å². The summed E-state index contributed by atoms with van der Waals surface area (Å²) in [6.07, 6.45) is 1.63. The number of aryl methyl sites for hydroxylation is 4. The van der Waals surface area contributed by atoms with Crippen molar-refractivity contribution in [3.05, 3.63) is 82.3 Å². The van der Waals surface area contributed by atoms with Crippen LogP contribution in [0.5, 0.6) is 0 Å². The van der Waals surface area contributed by atoms with Crippen LogP contribution in [0, 0.1) is 27.7 Å². The molecule has 1 heterocycles. The van der Waals surface area contributed by atoms with Gasteiger partial charge in [-0.15, -0.1) is 0 Å². The molecule has 3 aromatic rings. The molecule has 0 saturated carbocycles. The van der Waals surface area contributed by atoms with Crippen LogP contribution in [0.15, 0.2) is 57.9 Å². The van der Waals surface area contributed by atoms with Crippen molar-refractivity contribution in [3.63, 3.8) is 0 Å². The predicted octanol–water partition coefficient (Wildman–Crippen LogP) is 4.52. The van der Waals surface area contributed by atoms with Gasteiger partial charge in [-0.25, -0.2) is 0 Å². The summed E-state index contributed by atoms with van der Waals surface area (Å²) in [4.78, 5) is 28.5. The standard InChI is InChI=1S/C24H25N3O3/c1-15-5-7-19(11-17(15)3)25-13-21-9-10-22(30-21)14-26-23(28)24(29)27-20-8-6-16(2)18(4)12-20/h5-13H,14H2,1-4H3,(H,26,28)(H,27,29). The summed E-state index contributed by atoms with van der Waals surface area (Å²) >= 11 is 0. The Hall–Kier alpha value is -3.67. The maximum atomic E-state index is 12.1. The molecule has 0 bridgehead atoms. The molecule has 6 heteroatoms. The van der Waals surface area contributed by atoms with Gasteiger partial charge in [0.05, 0.1) is 18.4 Å². The first-order valence-corrected chi connectivity index (χ1v) is 9.68. The molecule has 0 fully saturated rings. The highest BCUT2D eigenvalue weighted by Crippen LogP contribution is 2.17. The summed E-state index contributed by atoms with van der Waals surface area (Å²) in [6.45, 7) is 8.13. The first-order chi connectivity index (χ1) is 14.3. The third-order valence-corrected chi connectivity index (χ3v) is 4.91. The van der Waals surface area contributed by atoms with Crippen molar-refractivity contribution >= 4 is 29.4 Å². The predicted molar refractivity (Wildman–Crippen MR) is 118 cm³/mol. The van der Waals surface area contributed by atoms with Crippen LogP contribution < -0.4 is 10.6 Å². The van der Waals surface area contributed by atoms with Gasteiger partial charge in [-0.2, -0.15) is 0 Å². The Morgan fingerprint density at radius 3 is 2.27 bits per heavy atom. The number of benzene rings is 2. The average molecular weight is 403 g/mol. The topological polar surface area (TPSA) is 83.7 Å². The van der Waals surface area contributed by atoms with Crippen LogP contribution in [0.3, 0.4) is 0 Å². The van der Waals surface area contributed by atoms with Crippen LogP contribution in [0.2, 0.25) is 0 Å². The summed E-state index contributed by atoms with van der Waals surface area (Å²) < 4.78 is 5.64. The molecule has 30 heavy (non-hydrogen) atoms. The molecule has 0 aliphatic carbocycles. The number of carbonyl (C=O) groups excluding carboxylic acids is 2. The molecule has 0 aliphatic heterocycles. The zero-order valence-electron chi connectivity index (χ0n) is 17.6. The van der Waals surface area contributed by atoms with Crippen LogP contribution in [0.4, 0.5) is 11.4 Å². The zero-order chi connectivity index (χ0) is 21.7. The highest BCUT2D eigenvalue weighted by molar-refractivity contribution is 6.39. The summed E-state index contributed by atoms with van der Waals surface area (Å²) in [5, 5.41) is 5.15. The molecular weight excluding hydrogens is 378 g/mol. The van der Waals surface area contributed by atoms with Gasteiger partial charge < -0.3 is 15.1 Å². The monoisotopic (exact) mass is 403 g/mol. The second kappa shape index (κ2) is 9.22. The SMILES string of the molecule is Cc1ccc(N=Cc2ccc(CNC(=O)C(=O)Nc3ccc(C)c(C)c3)o2)cc1C. The summed E-state index contributed by atoms with van der Waals surface area (Å²) in [6, 6.07) is 15.0. The Kier molecular flexibility index (Phi) is 6.47. The Bertz CT molecular complexity index is 1110. The fourth-order valence-corrected chi connectivity index (χ4v) is 2.76. The van der Waals surface area contributed by atoms with Crippen LogP contribution in [-0.2, 0) is 16.1 Å². The highest BCUT2D eigenvalue weighted by Gasteiger charge is 2.14. The minimum atomic E-state index is -0.727. The van der Waals surface area contributed by atoms with Gasteiger partial charge in [-0.05, 0) is 86.3 Å². The number of carbonyl (C=O) groups is 2. The Labute approximate surface area is 176 Å². The van der Waals surface area contributed by atoms with Gasteiger partial charge in [0, 0.05) is 5.69 Å². The second-order valence-corrected chi connectivity index (χ2v) is 7.27. The van der Waals surface area contributed by atoms with Crippen molar-refractivity contribution < 1.29 is 14.0 Å². The lowest BCUT2D eigenvalue weighted by Gasteiger charge is -2.07. The van der Waals surface area contributed by atoms with Gasteiger partial charge in [-0.3, -0.25) is 14.6 Å². The Morgan fingerprint density at radius 2 is 1.57 bits per heavy atom. The summed E-state index contributed by atoms with van der Waals surface area (Å²) in [7, 11) is 0.